The summed E-state index contributed by atoms with van der Waals surface area (Å²) in [6.07, 6.45) is 1.95. The van der Waals surface area contributed by atoms with Crippen LogP contribution in [0.15, 0.2) is 56.6 Å². The van der Waals surface area contributed by atoms with E-state index in [1.165, 1.54) is 24.3 Å². The van der Waals surface area contributed by atoms with E-state index in [1.807, 2.05) is 0 Å². The Morgan fingerprint density at radius 2 is 1.79 bits per heavy atom. The van der Waals surface area contributed by atoms with Crippen molar-refractivity contribution >= 4 is 29.3 Å². The average molecular weight is 387 g/mol. The second kappa shape index (κ2) is 9.12. The number of esters is 1. The minimum absolute atomic E-state index is 0.00932. The predicted octanol–water partition coefficient (Wildman–Crippen LogP) is 2.49. The lowest BCUT2D eigenvalue weighted by atomic mass is 9.89. The van der Waals surface area contributed by atoms with Gasteiger partial charge in [0.2, 0.25) is 5.91 Å². The number of nitroso groups, excluding NO2 is 4. The quantitative estimate of drug-likeness (QED) is 0.402. The van der Waals surface area contributed by atoms with Gasteiger partial charge in [0.1, 0.15) is 23.5 Å². The number of hydrogen-bond acceptors (Lipinski definition) is 11. The van der Waals surface area contributed by atoms with Crippen LogP contribution in [0.2, 0.25) is 0 Å². The molecule has 1 aliphatic rings. The summed E-state index contributed by atoms with van der Waals surface area (Å²) in [4.78, 5) is 66.5. The smallest absolute Gasteiger partial charge is 0.331 e. The lowest BCUT2D eigenvalue weighted by molar-refractivity contribution is -0.144. The number of ether oxygens (including phenoxy) is 1. The van der Waals surface area contributed by atoms with Crippen LogP contribution in [0.4, 0.5) is 11.4 Å². The second-order valence-corrected chi connectivity index (χ2v) is 5.69. The van der Waals surface area contributed by atoms with Crippen molar-refractivity contribution in [3.63, 3.8) is 0 Å². The maximum atomic E-state index is 12.0. The van der Waals surface area contributed by atoms with E-state index in [9.17, 15) is 29.2 Å². The first kappa shape index (κ1) is 20.4. The minimum Gasteiger partial charge on any atom is -0.456 e. The van der Waals surface area contributed by atoms with Gasteiger partial charge in [0.15, 0.2) is 6.04 Å². The number of primary amides is 1. The molecule has 0 fully saturated rings. The van der Waals surface area contributed by atoms with E-state index in [2.05, 4.69) is 20.7 Å². The molecule has 0 aliphatic heterocycles. The zero-order chi connectivity index (χ0) is 20.7. The van der Waals surface area contributed by atoms with Crippen molar-refractivity contribution in [3.05, 3.63) is 61.1 Å². The van der Waals surface area contributed by atoms with Gasteiger partial charge in [0, 0.05) is 18.1 Å². The SMILES string of the molecule is NC(=O)C1=CC(N=O)C(N=O)C(OC(=O)/C=C/c2ccc(N=O)c(N=O)c2)C1. The molecule has 0 spiro atoms. The van der Waals surface area contributed by atoms with Crippen molar-refractivity contribution in [1.29, 1.82) is 0 Å². The van der Waals surface area contributed by atoms with E-state index < -0.39 is 30.1 Å². The molecular weight excluding hydrogens is 374 g/mol. The molecule has 0 bridgehead atoms. The van der Waals surface area contributed by atoms with Crippen molar-refractivity contribution in [2.24, 2.45) is 26.4 Å². The molecule has 0 saturated carbocycles. The van der Waals surface area contributed by atoms with Crippen LogP contribution in [0.1, 0.15) is 12.0 Å². The summed E-state index contributed by atoms with van der Waals surface area (Å²) >= 11 is 0. The van der Waals surface area contributed by atoms with Gasteiger partial charge in [-0.1, -0.05) is 16.4 Å². The van der Waals surface area contributed by atoms with E-state index in [1.54, 1.807) is 0 Å². The maximum Gasteiger partial charge on any atom is 0.331 e. The van der Waals surface area contributed by atoms with Crippen LogP contribution in [0, 0.1) is 19.6 Å². The topological polar surface area (TPSA) is 187 Å². The molecule has 2 N–H and O–H groups in total. The molecule has 0 radical (unpaired) electrons. The molecule has 0 saturated heterocycles. The van der Waals surface area contributed by atoms with E-state index in [4.69, 9.17) is 10.5 Å². The molecule has 28 heavy (non-hydrogen) atoms. The second-order valence-electron chi connectivity index (χ2n) is 5.69. The van der Waals surface area contributed by atoms with E-state index in [0.717, 1.165) is 12.2 Å². The first-order valence-electron chi connectivity index (χ1n) is 7.78. The molecule has 12 nitrogen and oxygen atoms in total. The standard InChI is InChI=1S/C16H13N5O7/c17-16(23)9-6-12(20-26)15(21-27)13(7-9)28-14(22)4-2-8-1-3-10(18-24)11(5-8)19-25/h1-6,12-13,15H,7H2,(H2,17,23)/b4-2+. The van der Waals surface area contributed by atoms with Crippen LogP contribution < -0.4 is 5.73 Å². The van der Waals surface area contributed by atoms with Crippen molar-refractivity contribution in [2.75, 3.05) is 0 Å². The van der Waals surface area contributed by atoms with Crippen molar-refractivity contribution in [2.45, 2.75) is 24.6 Å². The van der Waals surface area contributed by atoms with Gasteiger partial charge in [-0.25, -0.2) is 4.79 Å². The predicted molar refractivity (Wildman–Crippen MR) is 97.3 cm³/mol. The van der Waals surface area contributed by atoms with E-state index in [0.29, 0.717) is 5.56 Å². The first-order valence-corrected chi connectivity index (χ1v) is 7.78. The third-order valence-electron chi connectivity index (χ3n) is 3.96. The summed E-state index contributed by atoms with van der Waals surface area (Å²) in [6.45, 7) is 0. The highest BCUT2D eigenvalue weighted by Crippen LogP contribution is 2.29. The Balaban J connectivity index is 2.15. The zero-order valence-corrected chi connectivity index (χ0v) is 14.1. The van der Waals surface area contributed by atoms with Crippen molar-refractivity contribution < 1.29 is 14.3 Å². The lowest BCUT2D eigenvalue weighted by Crippen LogP contribution is -2.42. The number of nitrogens with two attached hydrogens (primary N) is 1. The number of nitrogens with zero attached hydrogens (tertiary/aromatic N) is 4. The Labute approximate surface area is 156 Å². The highest BCUT2D eigenvalue weighted by atomic mass is 16.5. The monoisotopic (exact) mass is 387 g/mol. The van der Waals surface area contributed by atoms with Crippen LogP contribution >= 0.6 is 0 Å². The number of rotatable bonds is 8. The van der Waals surface area contributed by atoms with Gasteiger partial charge in [0.05, 0.1) is 0 Å². The summed E-state index contributed by atoms with van der Waals surface area (Å²) in [6, 6.07) is 1.28. The number of carbonyl (C=O) groups excluding carboxylic acids is 2. The Hall–Kier alpha value is -3.96. The summed E-state index contributed by atoms with van der Waals surface area (Å²) in [7, 11) is 0. The average Bonchev–Trinajstić information content (AvgIpc) is 2.71. The molecule has 1 amide bonds. The van der Waals surface area contributed by atoms with Crippen LogP contribution in [0.3, 0.4) is 0 Å². The fourth-order valence-electron chi connectivity index (χ4n) is 2.59. The minimum atomic E-state index is -1.30. The summed E-state index contributed by atoms with van der Waals surface area (Å²) in [5.41, 5.74) is 5.14. The molecule has 1 aromatic rings. The Morgan fingerprint density at radius 1 is 1.07 bits per heavy atom. The Bertz CT molecular complexity index is 895. The van der Waals surface area contributed by atoms with Crippen molar-refractivity contribution in [3.8, 4) is 0 Å². The fourth-order valence-corrected chi connectivity index (χ4v) is 2.59. The summed E-state index contributed by atoms with van der Waals surface area (Å²) in [5, 5.41) is 10.8. The molecule has 0 aromatic heterocycles. The molecule has 12 heteroatoms. The van der Waals surface area contributed by atoms with Gasteiger partial charge in [-0.3, -0.25) is 4.79 Å². The Morgan fingerprint density at radius 3 is 2.36 bits per heavy atom. The molecule has 3 unspecified atom stereocenters. The number of carbonyl (C=O) groups is 2. The van der Waals surface area contributed by atoms with Gasteiger partial charge in [-0.2, -0.15) is 9.81 Å². The van der Waals surface area contributed by atoms with Gasteiger partial charge in [-0.05, 0) is 40.2 Å². The van der Waals surface area contributed by atoms with Gasteiger partial charge < -0.3 is 10.5 Å². The van der Waals surface area contributed by atoms with Gasteiger partial charge >= 0.3 is 5.97 Å². The number of hydrogen-bond donors (Lipinski definition) is 1. The highest BCUT2D eigenvalue weighted by molar-refractivity contribution is 5.92. The molecule has 0 heterocycles. The first-order chi connectivity index (χ1) is 13.4. The molecule has 3 atom stereocenters. The molecule has 144 valence electrons. The van der Waals surface area contributed by atoms with E-state index in [-0.39, 0.29) is 23.4 Å². The summed E-state index contributed by atoms with van der Waals surface area (Å²) in [5.74, 6) is -1.75. The zero-order valence-electron chi connectivity index (χ0n) is 14.1. The molecule has 1 aliphatic carbocycles. The van der Waals surface area contributed by atoms with Crippen LogP contribution in [-0.2, 0) is 14.3 Å². The van der Waals surface area contributed by atoms with Gasteiger partial charge in [0.25, 0.3) is 0 Å². The van der Waals surface area contributed by atoms with E-state index >= 15 is 0 Å². The number of amides is 1. The largest absolute Gasteiger partial charge is 0.456 e. The Kier molecular flexibility index (Phi) is 6.63. The third-order valence-corrected chi connectivity index (χ3v) is 3.96. The summed E-state index contributed by atoms with van der Waals surface area (Å²) < 4.78 is 5.11. The van der Waals surface area contributed by atoms with Crippen LogP contribution in [0.5, 0.6) is 0 Å². The van der Waals surface area contributed by atoms with Crippen molar-refractivity contribution in [1.82, 2.24) is 0 Å². The normalized spacial score (nSPS) is 21.4. The maximum absolute atomic E-state index is 12.0. The number of benzene rings is 1. The highest BCUT2D eigenvalue weighted by Gasteiger charge is 2.39. The molecule has 1 aromatic carbocycles. The third kappa shape index (κ3) is 4.60. The van der Waals surface area contributed by atoms with Crippen LogP contribution in [-0.4, -0.2) is 30.1 Å². The molecule has 2 rings (SSSR count). The van der Waals surface area contributed by atoms with Crippen LogP contribution in [0.25, 0.3) is 6.08 Å². The molecular formula is C16H13N5O7. The fraction of sp³-hybridized carbons (Fsp3) is 0.250. The lowest BCUT2D eigenvalue weighted by Gasteiger charge is -2.27. The van der Waals surface area contributed by atoms with Gasteiger partial charge in [-0.15, -0.1) is 9.81 Å².